The van der Waals surface area contributed by atoms with Gasteiger partial charge in [0.2, 0.25) is 5.92 Å². The van der Waals surface area contributed by atoms with Gasteiger partial charge in [-0.05, 0) is 73.4 Å². The lowest BCUT2D eigenvalue weighted by atomic mass is 9.61. The van der Waals surface area contributed by atoms with Crippen molar-refractivity contribution >= 4 is 23.2 Å². The highest BCUT2D eigenvalue weighted by atomic mass is 35.5. The first-order valence-corrected chi connectivity index (χ1v) is 19.9. The molecule has 1 saturated heterocycles. The molecule has 4 aliphatic rings. The minimum Gasteiger partial charge on any atom is -0.492 e. The molecule has 288 valence electrons. The van der Waals surface area contributed by atoms with Crippen LogP contribution in [0.3, 0.4) is 0 Å². The number of nitriles is 1. The number of ether oxygens (including phenoxy) is 3. The number of alkyl halides is 2. The number of halogens is 4. The van der Waals surface area contributed by atoms with Gasteiger partial charge >= 0.3 is 0 Å². The molecule has 0 radical (unpaired) electrons. The van der Waals surface area contributed by atoms with Crippen LogP contribution in [0.25, 0.3) is 11.1 Å². The summed E-state index contributed by atoms with van der Waals surface area (Å²) in [6, 6.07) is 19.6. The number of aliphatic hydroxyl groups excluding tert-OH is 1. The largest absolute Gasteiger partial charge is 0.492 e. The van der Waals surface area contributed by atoms with Crippen LogP contribution in [0.1, 0.15) is 78.9 Å². The Morgan fingerprint density at radius 1 is 0.964 bits per heavy atom. The molecule has 2 saturated carbocycles. The van der Waals surface area contributed by atoms with E-state index in [1.54, 1.807) is 12.3 Å². The second kappa shape index (κ2) is 15.9. The molecule has 2 heterocycles. The number of rotatable bonds is 14. The topological polar surface area (TPSA) is 99.9 Å². The van der Waals surface area contributed by atoms with E-state index in [4.69, 9.17) is 37.4 Å². The molecule has 1 aromatic heterocycles. The maximum atomic E-state index is 13.4. The first kappa shape index (κ1) is 37.9. The van der Waals surface area contributed by atoms with Crippen molar-refractivity contribution in [1.29, 1.82) is 5.26 Å². The predicted octanol–water partition coefficient (Wildman–Crippen LogP) is 9.08. The highest BCUT2D eigenvalue weighted by Crippen LogP contribution is 2.56. The Kier molecular flexibility index (Phi) is 10.9. The maximum absolute atomic E-state index is 13.4. The number of hydrogen-bond donors (Lipinski definition) is 2. The average molecular weight is 790 g/mol. The normalized spacial score (nSPS) is 22.1. The number of aromatic nitrogens is 1. The van der Waals surface area contributed by atoms with Gasteiger partial charge in [-0.15, -0.1) is 0 Å². The lowest BCUT2D eigenvalue weighted by Gasteiger charge is -2.58. The number of likely N-dealkylation sites (tertiary alicyclic amines) is 1. The van der Waals surface area contributed by atoms with Gasteiger partial charge in [-0.3, -0.25) is 4.98 Å². The van der Waals surface area contributed by atoms with Gasteiger partial charge in [-0.1, -0.05) is 53.5 Å². The van der Waals surface area contributed by atoms with E-state index in [-0.39, 0.29) is 43.1 Å². The molecular weight excluding hydrogens is 745 g/mol. The van der Waals surface area contributed by atoms with Crippen molar-refractivity contribution < 1.29 is 28.1 Å². The molecule has 4 aromatic rings. The molecule has 12 heteroatoms. The maximum Gasteiger partial charge on any atom is 0.249 e. The SMILES string of the molecule is N#Cc1cncc(COc2cc(O[C@H]3CCc4c(-c5cccc(OCCCN6CC7(C6)CC(F)(F)C7)c5Cl)cccc43)c(Cl)cc2CN[C@@H]2CCC[C@@H]2O)c1. The van der Waals surface area contributed by atoms with Crippen LogP contribution in [-0.2, 0) is 19.6 Å². The van der Waals surface area contributed by atoms with Crippen molar-refractivity contribution in [2.75, 3.05) is 26.2 Å². The molecule has 3 aliphatic carbocycles. The predicted molar refractivity (Wildman–Crippen MR) is 207 cm³/mol. The minimum atomic E-state index is -2.48. The van der Waals surface area contributed by atoms with Crippen LogP contribution in [0.5, 0.6) is 17.2 Å². The molecule has 0 bridgehead atoms. The van der Waals surface area contributed by atoms with E-state index in [0.717, 1.165) is 91.5 Å². The third-order valence-electron chi connectivity index (χ3n) is 11.5. The monoisotopic (exact) mass is 788 g/mol. The molecule has 3 fully saturated rings. The van der Waals surface area contributed by atoms with E-state index in [9.17, 15) is 19.1 Å². The van der Waals surface area contributed by atoms with Crippen LogP contribution in [0.4, 0.5) is 8.78 Å². The lowest BCUT2D eigenvalue weighted by Crippen LogP contribution is -2.65. The van der Waals surface area contributed by atoms with Gasteiger partial charge in [0.05, 0.1) is 28.3 Å². The van der Waals surface area contributed by atoms with Gasteiger partial charge < -0.3 is 29.5 Å². The third-order valence-corrected chi connectivity index (χ3v) is 12.2. The fraction of sp³-hybridized carbons (Fsp3) is 0.442. The smallest absolute Gasteiger partial charge is 0.249 e. The molecule has 8 rings (SSSR count). The van der Waals surface area contributed by atoms with Gasteiger partial charge in [0.15, 0.2) is 0 Å². The molecule has 55 heavy (non-hydrogen) atoms. The Balaban J connectivity index is 0.949. The number of aliphatic hydroxyl groups is 1. The number of nitrogens with zero attached hydrogens (tertiary/aromatic N) is 3. The summed E-state index contributed by atoms with van der Waals surface area (Å²) in [6.45, 7) is 3.44. The van der Waals surface area contributed by atoms with E-state index < -0.39 is 5.92 Å². The number of benzene rings is 3. The highest BCUT2D eigenvalue weighted by molar-refractivity contribution is 6.35. The van der Waals surface area contributed by atoms with Gasteiger partial charge in [-0.25, -0.2) is 8.78 Å². The van der Waals surface area contributed by atoms with Crippen LogP contribution < -0.4 is 19.5 Å². The van der Waals surface area contributed by atoms with Crippen molar-refractivity contribution in [2.24, 2.45) is 5.41 Å². The first-order chi connectivity index (χ1) is 26.6. The number of hydrogen-bond acceptors (Lipinski definition) is 8. The molecule has 8 nitrogen and oxygen atoms in total. The standard InChI is InChI=1S/C43H44Cl2F2N4O4/c44-34-16-29(21-50-35-8-3-9-36(35)52)39(54-22-28-15-27(18-48)19-49-20-28)17-40(34)55-37-12-11-31-30(5-1-6-32(31)37)33-7-2-10-38(41(33)45)53-14-4-13-51-25-42(26-51)23-43(46,47)24-42/h1-2,5-7,10,15-17,19-20,35-37,50,52H,3-4,8-9,11-14,21-26H2/t35-,36+,37+/m1/s1. The molecule has 3 atom stereocenters. The Morgan fingerprint density at radius 2 is 1.78 bits per heavy atom. The second-order valence-corrected chi connectivity index (χ2v) is 16.4. The Bertz CT molecular complexity index is 2080. The molecule has 0 unspecified atom stereocenters. The summed E-state index contributed by atoms with van der Waals surface area (Å²) in [6.07, 6.45) is 7.57. The molecule has 3 aromatic carbocycles. The van der Waals surface area contributed by atoms with Crippen LogP contribution in [0, 0.1) is 16.7 Å². The Labute approximate surface area is 330 Å². The van der Waals surface area contributed by atoms with Crippen LogP contribution in [0.2, 0.25) is 10.0 Å². The van der Waals surface area contributed by atoms with Crippen LogP contribution >= 0.6 is 23.2 Å². The van der Waals surface area contributed by atoms with E-state index in [0.29, 0.717) is 46.0 Å². The van der Waals surface area contributed by atoms with Gasteiger partial charge in [0.1, 0.15) is 36.0 Å². The number of pyridine rings is 1. The summed E-state index contributed by atoms with van der Waals surface area (Å²) >= 11 is 13.9. The zero-order chi connectivity index (χ0) is 38.2. The summed E-state index contributed by atoms with van der Waals surface area (Å²) in [5.41, 5.74) is 6.03. The van der Waals surface area contributed by atoms with E-state index in [1.165, 1.54) is 6.20 Å². The molecule has 2 N–H and O–H groups in total. The second-order valence-electron chi connectivity index (χ2n) is 15.6. The quantitative estimate of drug-likeness (QED) is 0.122. The Morgan fingerprint density at radius 3 is 2.56 bits per heavy atom. The summed E-state index contributed by atoms with van der Waals surface area (Å²) in [5, 5.41) is 24.2. The minimum absolute atomic E-state index is 0.00107. The van der Waals surface area contributed by atoms with Crippen molar-refractivity contribution in [1.82, 2.24) is 15.2 Å². The molecular formula is C43H44Cl2F2N4O4. The zero-order valence-corrected chi connectivity index (χ0v) is 32.0. The van der Waals surface area contributed by atoms with E-state index in [2.05, 4.69) is 33.4 Å². The summed E-state index contributed by atoms with van der Waals surface area (Å²) < 4.78 is 45.9. The van der Waals surface area contributed by atoms with E-state index >= 15 is 0 Å². The van der Waals surface area contributed by atoms with Gasteiger partial charge in [-0.2, -0.15) is 5.26 Å². The van der Waals surface area contributed by atoms with Gasteiger partial charge in [0, 0.05) is 85.6 Å². The zero-order valence-electron chi connectivity index (χ0n) is 30.5. The van der Waals surface area contributed by atoms with Crippen molar-refractivity contribution in [3.05, 3.63) is 105 Å². The summed E-state index contributed by atoms with van der Waals surface area (Å²) in [4.78, 5) is 6.39. The average Bonchev–Trinajstić information content (AvgIpc) is 3.76. The summed E-state index contributed by atoms with van der Waals surface area (Å²) in [7, 11) is 0. The molecule has 1 aliphatic heterocycles. The van der Waals surface area contributed by atoms with Crippen molar-refractivity contribution in [2.45, 2.75) is 88.7 Å². The number of fused-ring (bicyclic) bond motifs is 1. The highest BCUT2D eigenvalue weighted by Gasteiger charge is 2.61. The fourth-order valence-electron chi connectivity index (χ4n) is 8.92. The lowest BCUT2D eigenvalue weighted by molar-refractivity contribution is -0.213. The fourth-order valence-corrected chi connectivity index (χ4v) is 9.43. The molecule has 0 amide bonds. The summed E-state index contributed by atoms with van der Waals surface area (Å²) in [5.74, 6) is -0.766. The first-order valence-electron chi connectivity index (χ1n) is 19.1. The van der Waals surface area contributed by atoms with Crippen molar-refractivity contribution in [3.63, 3.8) is 0 Å². The van der Waals surface area contributed by atoms with E-state index in [1.807, 2.05) is 36.4 Å². The Hall–Kier alpha value is -3.98. The number of nitrogens with one attached hydrogen (secondary N) is 1. The molecule has 1 spiro atoms. The van der Waals surface area contributed by atoms with Crippen LogP contribution in [0.15, 0.2) is 67.0 Å². The van der Waals surface area contributed by atoms with Crippen molar-refractivity contribution in [3.8, 4) is 34.4 Å². The van der Waals surface area contributed by atoms with Gasteiger partial charge in [0.25, 0.3) is 0 Å². The van der Waals surface area contributed by atoms with Crippen LogP contribution in [-0.4, -0.2) is 59.3 Å². The third kappa shape index (κ3) is 8.28.